The Morgan fingerprint density at radius 2 is 2.15 bits per heavy atom. The van der Waals surface area contributed by atoms with Crippen molar-refractivity contribution < 1.29 is 17.9 Å². The van der Waals surface area contributed by atoms with Crippen molar-refractivity contribution in [3.8, 4) is 11.1 Å². The number of benzene rings is 1. The molecule has 6 nitrogen and oxygen atoms in total. The summed E-state index contributed by atoms with van der Waals surface area (Å²) in [5, 5.41) is 4.13. The van der Waals surface area contributed by atoms with Crippen molar-refractivity contribution in [3.05, 3.63) is 46.7 Å². The maximum atomic E-state index is 12.3. The van der Waals surface area contributed by atoms with Gasteiger partial charge in [-0.05, 0) is 52.8 Å². The van der Waals surface area contributed by atoms with Crippen molar-refractivity contribution >= 4 is 27.5 Å². The van der Waals surface area contributed by atoms with Crippen LogP contribution >= 0.6 is 11.3 Å². The van der Waals surface area contributed by atoms with Crippen LogP contribution in [0.25, 0.3) is 11.1 Å². The summed E-state index contributed by atoms with van der Waals surface area (Å²) in [6, 6.07) is 9.60. The molecule has 0 radical (unpaired) electrons. The molecule has 0 aliphatic carbocycles. The average molecular weight is 409 g/mol. The predicted octanol–water partition coefficient (Wildman–Crippen LogP) is 3.11. The van der Waals surface area contributed by atoms with Gasteiger partial charge in [0, 0.05) is 12.6 Å². The summed E-state index contributed by atoms with van der Waals surface area (Å²) in [5.41, 5.74) is 3.32. The Kier molecular flexibility index (Phi) is 6.18. The number of carbonyl (C=O) groups excluding carboxylic acids is 1. The van der Waals surface area contributed by atoms with Crippen LogP contribution in [0.5, 0.6) is 0 Å². The Morgan fingerprint density at radius 3 is 2.81 bits per heavy atom. The quantitative estimate of drug-likeness (QED) is 0.825. The molecule has 8 heteroatoms. The van der Waals surface area contributed by atoms with Gasteiger partial charge in [0.2, 0.25) is 10.0 Å². The smallest absolute Gasteiger partial charge is 0.409 e. The molecule has 1 N–H and O–H groups in total. The maximum absolute atomic E-state index is 12.3. The lowest BCUT2D eigenvalue weighted by atomic mass is 9.91. The Hall–Kier alpha value is -1.90. The van der Waals surface area contributed by atoms with E-state index in [2.05, 4.69) is 28.3 Å². The van der Waals surface area contributed by atoms with Gasteiger partial charge in [-0.2, -0.15) is 11.3 Å². The van der Waals surface area contributed by atoms with Gasteiger partial charge >= 0.3 is 6.09 Å². The van der Waals surface area contributed by atoms with Crippen molar-refractivity contribution in [2.45, 2.75) is 31.3 Å². The summed E-state index contributed by atoms with van der Waals surface area (Å²) in [6.45, 7) is 0.559. The van der Waals surface area contributed by atoms with E-state index in [9.17, 15) is 13.2 Å². The number of nitrogens with one attached hydrogen (secondary N) is 1. The topological polar surface area (TPSA) is 75.7 Å². The van der Waals surface area contributed by atoms with Crippen molar-refractivity contribution in [2.75, 3.05) is 19.9 Å². The molecule has 2 atom stereocenters. The second-order valence-corrected chi connectivity index (χ2v) is 9.35. The lowest BCUT2D eigenvalue weighted by Crippen LogP contribution is -2.57. The minimum atomic E-state index is -3.38. The minimum absolute atomic E-state index is 0.293. The first-order valence-corrected chi connectivity index (χ1v) is 11.6. The minimum Gasteiger partial charge on any atom is -0.453 e. The van der Waals surface area contributed by atoms with E-state index in [1.54, 1.807) is 16.2 Å². The van der Waals surface area contributed by atoms with Gasteiger partial charge in [-0.15, -0.1) is 0 Å². The number of sulfonamides is 1. The van der Waals surface area contributed by atoms with E-state index >= 15 is 0 Å². The third-order valence-corrected chi connectivity index (χ3v) is 6.19. The summed E-state index contributed by atoms with van der Waals surface area (Å²) in [6.07, 6.45) is 2.70. The number of hydrogen-bond donors (Lipinski definition) is 1. The second-order valence-electron chi connectivity index (χ2n) is 6.79. The number of methoxy groups -OCH3 is 1. The van der Waals surface area contributed by atoms with Crippen LogP contribution in [0.2, 0.25) is 0 Å². The molecule has 1 amide bonds. The van der Waals surface area contributed by atoms with Crippen molar-refractivity contribution in [1.29, 1.82) is 0 Å². The first-order chi connectivity index (χ1) is 12.9. The van der Waals surface area contributed by atoms with Crippen LogP contribution in [-0.2, 0) is 21.2 Å². The number of rotatable bonds is 5. The summed E-state index contributed by atoms with van der Waals surface area (Å²) < 4.78 is 31.3. The first kappa shape index (κ1) is 19.9. The molecule has 2 heterocycles. The van der Waals surface area contributed by atoms with Crippen LogP contribution in [0, 0.1) is 0 Å². The zero-order chi connectivity index (χ0) is 19.4. The molecule has 27 heavy (non-hydrogen) atoms. The number of thiophene rings is 1. The van der Waals surface area contributed by atoms with Gasteiger partial charge in [-0.3, -0.25) is 0 Å². The number of ether oxygens (including phenoxy) is 1. The zero-order valence-corrected chi connectivity index (χ0v) is 17.1. The van der Waals surface area contributed by atoms with E-state index < -0.39 is 16.1 Å². The standard InChI is InChI=1S/C19H24N2O4S2/c1-25-19(22)21-9-4-7-17(20-27(2,23)24)18(21)12-14-5-3-6-15(11-14)16-8-10-26-13-16/h3,5-6,8,10-11,13,17-18,20H,4,7,9,12H2,1-2H3/t17-,18-/m1/s1. The Balaban J connectivity index is 1.88. The third kappa shape index (κ3) is 5.09. The molecule has 1 fully saturated rings. The Bertz CT molecular complexity index is 881. The fourth-order valence-electron chi connectivity index (χ4n) is 3.61. The Morgan fingerprint density at radius 1 is 1.33 bits per heavy atom. The lowest BCUT2D eigenvalue weighted by Gasteiger charge is -2.40. The van der Waals surface area contributed by atoms with Crippen LogP contribution < -0.4 is 4.72 Å². The van der Waals surface area contributed by atoms with Crippen LogP contribution in [0.3, 0.4) is 0 Å². The molecule has 2 aromatic rings. The van der Waals surface area contributed by atoms with Crippen LogP contribution in [0.4, 0.5) is 4.79 Å². The van der Waals surface area contributed by atoms with Gasteiger partial charge in [0.05, 0.1) is 19.4 Å². The van der Waals surface area contributed by atoms with Gasteiger partial charge in [-0.1, -0.05) is 24.3 Å². The van der Waals surface area contributed by atoms with E-state index in [4.69, 9.17) is 4.74 Å². The molecule has 0 spiro atoms. The summed E-state index contributed by atoms with van der Waals surface area (Å²) in [7, 11) is -2.02. The molecule has 146 valence electrons. The number of piperidine rings is 1. The molecule has 1 aromatic heterocycles. The summed E-state index contributed by atoms with van der Waals surface area (Å²) in [5.74, 6) is 0. The summed E-state index contributed by atoms with van der Waals surface area (Å²) in [4.78, 5) is 13.9. The number of amides is 1. The molecule has 1 aliphatic rings. The number of likely N-dealkylation sites (tertiary alicyclic amines) is 1. The van der Waals surface area contributed by atoms with Crippen molar-refractivity contribution in [2.24, 2.45) is 0 Å². The first-order valence-electron chi connectivity index (χ1n) is 8.81. The maximum Gasteiger partial charge on any atom is 0.409 e. The lowest BCUT2D eigenvalue weighted by molar-refractivity contribution is 0.0792. The molecular weight excluding hydrogens is 384 g/mol. The van der Waals surface area contributed by atoms with E-state index in [0.717, 1.165) is 29.4 Å². The summed E-state index contributed by atoms with van der Waals surface area (Å²) >= 11 is 1.64. The number of carbonyl (C=O) groups is 1. The van der Waals surface area contributed by atoms with E-state index in [1.807, 2.05) is 17.5 Å². The molecule has 1 saturated heterocycles. The highest BCUT2D eigenvalue weighted by molar-refractivity contribution is 7.88. The van der Waals surface area contributed by atoms with Crippen LogP contribution in [-0.4, -0.2) is 51.4 Å². The molecule has 0 saturated carbocycles. The van der Waals surface area contributed by atoms with E-state index in [0.29, 0.717) is 19.4 Å². The number of nitrogens with zero attached hydrogens (tertiary/aromatic N) is 1. The molecule has 3 rings (SSSR count). The molecule has 1 aromatic carbocycles. The SMILES string of the molecule is COC(=O)N1CCC[C@@H](NS(C)(=O)=O)[C@H]1Cc1cccc(-c2ccsc2)c1. The molecule has 1 aliphatic heterocycles. The van der Waals surface area contributed by atoms with Crippen LogP contribution in [0.1, 0.15) is 18.4 Å². The van der Waals surface area contributed by atoms with Gasteiger partial charge in [0.25, 0.3) is 0 Å². The zero-order valence-electron chi connectivity index (χ0n) is 15.4. The largest absolute Gasteiger partial charge is 0.453 e. The second kappa shape index (κ2) is 8.41. The molecule has 0 bridgehead atoms. The van der Waals surface area contributed by atoms with Crippen molar-refractivity contribution in [3.63, 3.8) is 0 Å². The average Bonchev–Trinajstić information content (AvgIpc) is 3.16. The predicted molar refractivity (Wildman–Crippen MR) is 107 cm³/mol. The van der Waals surface area contributed by atoms with E-state index in [-0.39, 0.29) is 12.1 Å². The highest BCUT2D eigenvalue weighted by Gasteiger charge is 2.36. The monoisotopic (exact) mass is 408 g/mol. The fraction of sp³-hybridized carbons (Fsp3) is 0.421. The van der Waals surface area contributed by atoms with Gasteiger partial charge < -0.3 is 9.64 Å². The normalized spacial score (nSPS) is 20.4. The van der Waals surface area contributed by atoms with Crippen LogP contribution in [0.15, 0.2) is 41.1 Å². The fourth-order valence-corrected chi connectivity index (χ4v) is 5.10. The van der Waals surface area contributed by atoms with Gasteiger partial charge in [-0.25, -0.2) is 17.9 Å². The highest BCUT2D eigenvalue weighted by atomic mass is 32.2. The van der Waals surface area contributed by atoms with Gasteiger partial charge in [0.1, 0.15) is 0 Å². The number of hydrogen-bond acceptors (Lipinski definition) is 5. The van der Waals surface area contributed by atoms with Crippen molar-refractivity contribution in [1.82, 2.24) is 9.62 Å². The molecule has 0 unspecified atom stereocenters. The third-order valence-electron chi connectivity index (χ3n) is 4.78. The highest BCUT2D eigenvalue weighted by Crippen LogP contribution is 2.26. The van der Waals surface area contributed by atoms with Gasteiger partial charge in [0.15, 0.2) is 0 Å². The Labute approximate surface area is 164 Å². The van der Waals surface area contributed by atoms with E-state index in [1.165, 1.54) is 7.11 Å². The molecular formula is C19H24N2O4S2.